The van der Waals surface area contributed by atoms with E-state index in [4.69, 9.17) is 4.74 Å². The quantitative estimate of drug-likeness (QED) is 0.631. The smallest absolute Gasteiger partial charge is 0.358 e. The summed E-state index contributed by atoms with van der Waals surface area (Å²) in [4.78, 5) is 30.7. The molecule has 0 N–H and O–H groups in total. The number of anilines is 1. The van der Waals surface area contributed by atoms with Gasteiger partial charge in [-0.3, -0.25) is 4.79 Å². The Balaban J connectivity index is 2.24. The number of aromatic nitrogens is 1. The standard InChI is InChI=1S/C15H22N2O3S/c1-3-20-14(19)12-13(11(2)18)21-15(16-12)17-9-7-5-4-6-8-10-17/h3-10H2,1-2H3. The zero-order valence-corrected chi connectivity index (χ0v) is 13.5. The Kier molecular flexibility index (Phi) is 5.73. The van der Waals surface area contributed by atoms with Crippen LogP contribution >= 0.6 is 11.3 Å². The summed E-state index contributed by atoms with van der Waals surface area (Å²) in [6, 6.07) is 0. The van der Waals surface area contributed by atoms with Crippen LogP contribution in [0.4, 0.5) is 5.13 Å². The molecule has 1 aromatic heterocycles. The molecule has 0 aromatic carbocycles. The van der Waals surface area contributed by atoms with Gasteiger partial charge < -0.3 is 9.64 Å². The van der Waals surface area contributed by atoms with E-state index in [9.17, 15) is 9.59 Å². The Morgan fingerprint density at radius 2 is 1.81 bits per heavy atom. The van der Waals surface area contributed by atoms with Gasteiger partial charge in [-0.15, -0.1) is 0 Å². The van der Waals surface area contributed by atoms with Crippen molar-refractivity contribution >= 4 is 28.2 Å². The van der Waals surface area contributed by atoms with Gasteiger partial charge in [-0.05, 0) is 19.8 Å². The molecule has 0 bridgehead atoms. The summed E-state index contributed by atoms with van der Waals surface area (Å²) >= 11 is 1.31. The number of hydrogen-bond acceptors (Lipinski definition) is 6. The second-order valence-electron chi connectivity index (χ2n) is 5.21. The highest BCUT2D eigenvalue weighted by molar-refractivity contribution is 7.17. The molecule has 1 fully saturated rings. The van der Waals surface area contributed by atoms with E-state index in [-0.39, 0.29) is 18.1 Å². The lowest BCUT2D eigenvalue weighted by molar-refractivity contribution is 0.0517. The molecule has 0 radical (unpaired) electrons. The minimum Gasteiger partial charge on any atom is -0.461 e. The number of rotatable bonds is 4. The molecule has 2 heterocycles. The number of nitrogens with zero attached hydrogens (tertiary/aromatic N) is 2. The predicted octanol–water partition coefficient (Wildman–Crippen LogP) is 3.29. The summed E-state index contributed by atoms with van der Waals surface area (Å²) in [6.45, 7) is 5.37. The number of thiazole rings is 1. The molecule has 0 amide bonds. The van der Waals surface area contributed by atoms with Crippen molar-refractivity contribution in [1.29, 1.82) is 0 Å². The maximum absolute atomic E-state index is 11.9. The van der Waals surface area contributed by atoms with E-state index < -0.39 is 5.97 Å². The number of carbonyl (C=O) groups is 2. The fraction of sp³-hybridized carbons (Fsp3) is 0.667. The van der Waals surface area contributed by atoms with Crippen LogP contribution in [0.1, 0.15) is 66.1 Å². The van der Waals surface area contributed by atoms with E-state index >= 15 is 0 Å². The average molecular weight is 310 g/mol. The van der Waals surface area contributed by atoms with Crippen LogP contribution in [0.5, 0.6) is 0 Å². The average Bonchev–Trinajstić information content (AvgIpc) is 2.83. The largest absolute Gasteiger partial charge is 0.461 e. The molecular formula is C15H22N2O3S. The summed E-state index contributed by atoms with van der Waals surface area (Å²) < 4.78 is 5.00. The van der Waals surface area contributed by atoms with E-state index in [2.05, 4.69) is 9.88 Å². The summed E-state index contributed by atoms with van der Waals surface area (Å²) in [5.74, 6) is -0.633. The third-order valence-corrected chi connectivity index (χ3v) is 4.75. The van der Waals surface area contributed by atoms with E-state index in [1.165, 1.54) is 37.5 Å². The Bertz CT molecular complexity index is 505. The molecule has 1 saturated heterocycles. The van der Waals surface area contributed by atoms with Gasteiger partial charge in [-0.1, -0.05) is 30.6 Å². The minimum atomic E-state index is -0.503. The maximum Gasteiger partial charge on any atom is 0.358 e. The molecule has 21 heavy (non-hydrogen) atoms. The van der Waals surface area contributed by atoms with E-state index in [1.54, 1.807) is 6.92 Å². The summed E-state index contributed by atoms with van der Waals surface area (Å²) in [5, 5.41) is 0.769. The van der Waals surface area contributed by atoms with Crippen molar-refractivity contribution in [1.82, 2.24) is 4.98 Å². The SMILES string of the molecule is CCOC(=O)c1nc(N2CCCCCCC2)sc1C(C)=O. The molecule has 0 unspecified atom stereocenters. The number of ketones is 1. The molecule has 0 spiro atoms. The lowest BCUT2D eigenvalue weighted by atomic mass is 10.1. The highest BCUT2D eigenvalue weighted by Crippen LogP contribution is 2.29. The normalized spacial score (nSPS) is 16.2. The number of carbonyl (C=O) groups excluding carboxylic acids is 2. The molecule has 6 heteroatoms. The van der Waals surface area contributed by atoms with Gasteiger partial charge in [0.15, 0.2) is 16.6 Å². The highest BCUT2D eigenvalue weighted by Gasteiger charge is 2.24. The van der Waals surface area contributed by atoms with Crippen molar-refractivity contribution in [3.63, 3.8) is 0 Å². The van der Waals surface area contributed by atoms with Gasteiger partial charge in [-0.2, -0.15) is 0 Å². The number of ether oxygens (including phenoxy) is 1. The van der Waals surface area contributed by atoms with Gasteiger partial charge in [0.25, 0.3) is 0 Å². The Morgan fingerprint density at radius 1 is 1.19 bits per heavy atom. The first kappa shape index (κ1) is 15.9. The Hall–Kier alpha value is -1.43. The van der Waals surface area contributed by atoms with Crippen molar-refractivity contribution in [3.05, 3.63) is 10.6 Å². The van der Waals surface area contributed by atoms with Crippen LogP contribution in [0, 0.1) is 0 Å². The van der Waals surface area contributed by atoms with E-state index in [0.29, 0.717) is 4.88 Å². The van der Waals surface area contributed by atoms with Gasteiger partial charge in [0.2, 0.25) is 0 Å². The van der Waals surface area contributed by atoms with Crippen molar-refractivity contribution in [3.8, 4) is 0 Å². The summed E-state index contributed by atoms with van der Waals surface area (Å²) in [6.07, 6.45) is 6.00. The predicted molar refractivity (Wildman–Crippen MR) is 83.4 cm³/mol. The zero-order valence-electron chi connectivity index (χ0n) is 12.7. The number of hydrogen-bond donors (Lipinski definition) is 0. The molecule has 1 aliphatic heterocycles. The molecule has 0 aliphatic carbocycles. The lowest BCUT2D eigenvalue weighted by Gasteiger charge is -2.23. The van der Waals surface area contributed by atoms with Crippen LogP contribution in [-0.2, 0) is 4.74 Å². The van der Waals surface area contributed by atoms with Gasteiger partial charge in [0, 0.05) is 20.0 Å². The van der Waals surface area contributed by atoms with Crippen molar-refractivity contribution in [2.45, 2.75) is 46.0 Å². The number of Topliss-reactive ketones (excluding diaryl/α,β-unsaturated/α-hetero) is 1. The van der Waals surface area contributed by atoms with Gasteiger partial charge in [-0.25, -0.2) is 9.78 Å². The first-order valence-corrected chi connectivity index (χ1v) is 8.39. The van der Waals surface area contributed by atoms with Crippen LogP contribution < -0.4 is 4.90 Å². The van der Waals surface area contributed by atoms with Crippen LogP contribution in [0.2, 0.25) is 0 Å². The third-order valence-electron chi connectivity index (χ3n) is 3.53. The molecular weight excluding hydrogens is 288 g/mol. The minimum absolute atomic E-state index is 0.131. The molecule has 0 saturated carbocycles. The topological polar surface area (TPSA) is 59.5 Å². The highest BCUT2D eigenvalue weighted by atomic mass is 32.1. The third kappa shape index (κ3) is 4.03. The van der Waals surface area contributed by atoms with Crippen LogP contribution in [-0.4, -0.2) is 36.4 Å². The fourth-order valence-electron chi connectivity index (χ4n) is 2.46. The van der Waals surface area contributed by atoms with Gasteiger partial charge in [0.1, 0.15) is 4.88 Å². The van der Waals surface area contributed by atoms with Crippen molar-refractivity contribution in [2.75, 3.05) is 24.6 Å². The second-order valence-corrected chi connectivity index (χ2v) is 6.18. The zero-order chi connectivity index (χ0) is 15.2. The second kappa shape index (κ2) is 7.54. The van der Waals surface area contributed by atoms with Crippen LogP contribution in [0.15, 0.2) is 0 Å². The summed E-state index contributed by atoms with van der Waals surface area (Å²) in [7, 11) is 0. The molecule has 1 aromatic rings. The first-order valence-electron chi connectivity index (χ1n) is 7.57. The van der Waals surface area contributed by atoms with Gasteiger partial charge in [0.05, 0.1) is 6.61 Å². The van der Waals surface area contributed by atoms with E-state index in [0.717, 1.165) is 31.1 Å². The Morgan fingerprint density at radius 3 is 2.38 bits per heavy atom. The van der Waals surface area contributed by atoms with E-state index in [1.807, 2.05) is 0 Å². The molecule has 1 aliphatic rings. The van der Waals surface area contributed by atoms with Crippen molar-refractivity contribution < 1.29 is 14.3 Å². The van der Waals surface area contributed by atoms with Crippen molar-refractivity contribution in [2.24, 2.45) is 0 Å². The number of esters is 1. The molecule has 2 rings (SSSR count). The van der Waals surface area contributed by atoms with Crippen LogP contribution in [0.25, 0.3) is 0 Å². The van der Waals surface area contributed by atoms with Gasteiger partial charge >= 0.3 is 5.97 Å². The Labute approximate surface area is 129 Å². The lowest BCUT2D eigenvalue weighted by Crippen LogP contribution is -2.26. The monoisotopic (exact) mass is 310 g/mol. The maximum atomic E-state index is 11.9. The summed E-state index contributed by atoms with van der Waals surface area (Å²) in [5.41, 5.74) is 0.173. The van der Waals surface area contributed by atoms with Crippen LogP contribution in [0.3, 0.4) is 0 Å². The molecule has 0 atom stereocenters. The first-order chi connectivity index (χ1) is 10.1. The molecule has 116 valence electrons. The molecule has 5 nitrogen and oxygen atoms in total. The fourth-order valence-corrected chi connectivity index (χ4v) is 3.46.